The minimum absolute atomic E-state index is 0.0644. The molecule has 3 heterocycles. The number of carbonyl (C=O) groups excluding carboxylic acids is 2. The third-order valence-electron chi connectivity index (χ3n) is 3.42. The molecule has 1 saturated heterocycles. The number of halogens is 1. The van der Waals surface area contributed by atoms with Gasteiger partial charge in [-0.1, -0.05) is 0 Å². The largest absolute Gasteiger partial charge is 0.457 e. The van der Waals surface area contributed by atoms with Gasteiger partial charge in [0.1, 0.15) is 19.1 Å². The van der Waals surface area contributed by atoms with Crippen LogP contribution in [0.4, 0.5) is 0 Å². The van der Waals surface area contributed by atoms with Crippen molar-refractivity contribution in [1.29, 1.82) is 0 Å². The molecule has 0 unspecified atom stereocenters. The molecule has 0 aromatic carbocycles. The van der Waals surface area contributed by atoms with Gasteiger partial charge in [-0.2, -0.15) is 0 Å². The normalized spacial score (nSPS) is 15.1. The van der Waals surface area contributed by atoms with Crippen molar-refractivity contribution in [2.24, 2.45) is 0 Å². The van der Waals surface area contributed by atoms with Gasteiger partial charge in [-0.25, -0.2) is 4.68 Å². The van der Waals surface area contributed by atoms with E-state index >= 15 is 0 Å². The quantitative estimate of drug-likeness (QED) is 0.756. The van der Waals surface area contributed by atoms with Crippen LogP contribution in [0.1, 0.15) is 10.4 Å². The number of rotatable bonds is 3. The zero-order chi connectivity index (χ0) is 15.5. The number of piperazine rings is 1. The molecule has 0 radical (unpaired) electrons. The molecule has 2 aromatic heterocycles. The summed E-state index contributed by atoms with van der Waals surface area (Å²) in [5.41, 5.74) is 0.500. The first kappa shape index (κ1) is 14.7. The Bertz CT molecular complexity index is 662. The van der Waals surface area contributed by atoms with E-state index in [1.807, 2.05) is 0 Å². The number of aromatic nitrogens is 4. The number of hydrogen-bond donors (Lipinski definition) is 0. The summed E-state index contributed by atoms with van der Waals surface area (Å²) in [6, 6.07) is 1.64. The van der Waals surface area contributed by atoms with Crippen LogP contribution in [0.5, 0.6) is 0 Å². The first-order chi connectivity index (χ1) is 10.6. The second-order valence-electron chi connectivity index (χ2n) is 4.82. The average Bonchev–Trinajstić information content (AvgIpc) is 3.18. The fourth-order valence-corrected chi connectivity index (χ4v) is 2.60. The van der Waals surface area contributed by atoms with Crippen molar-refractivity contribution in [3.63, 3.8) is 0 Å². The van der Waals surface area contributed by atoms with Crippen LogP contribution < -0.4 is 0 Å². The van der Waals surface area contributed by atoms with E-state index in [-0.39, 0.29) is 18.4 Å². The van der Waals surface area contributed by atoms with Crippen LogP contribution >= 0.6 is 15.9 Å². The van der Waals surface area contributed by atoms with Gasteiger partial charge in [0.2, 0.25) is 5.91 Å². The lowest BCUT2D eigenvalue weighted by atomic mass is 10.2. The summed E-state index contributed by atoms with van der Waals surface area (Å²) in [6.07, 6.45) is 2.82. The first-order valence-electron chi connectivity index (χ1n) is 6.65. The summed E-state index contributed by atoms with van der Waals surface area (Å²) in [5.74, 6) is -0.160. The molecule has 0 atom stereocenters. The van der Waals surface area contributed by atoms with Crippen molar-refractivity contribution in [3.8, 4) is 0 Å². The van der Waals surface area contributed by atoms with Crippen LogP contribution in [0, 0.1) is 0 Å². The molecule has 22 heavy (non-hydrogen) atoms. The molecule has 0 N–H and O–H groups in total. The van der Waals surface area contributed by atoms with E-state index in [4.69, 9.17) is 4.42 Å². The van der Waals surface area contributed by atoms with Gasteiger partial charge in [-0.05, 0) is 26.4 Å². The SMILES string of the molecule is O=C(Cn1cnnn1)N1CCN(C(=O)c2coc(Br)c2)CC1. The van der Waals surface area contributed by atoms with Crippen LogP contribution in [0.15, 0.2) is 27.7 Å². The highest BCUT2D eigenvalue weighted by Gasteiger charge is 2.25. The molecule has 0 saturated carbocycles. The maximum absolute atomic E-state index is 12.3. The first-order valence-corrected chi connectivity index (χ1v) is 7.44. The topological polar surface area (TPSA) is 97.4 Å². The Balaban J connectivity index is 1.54. The molecule has 3 rings (SSSR count). The molecule has 1 aliphatic rings. The van der Waals surface area contributed by atoms with Crippen molar-refractivity contribution in [1.82, 2.24) is 30.0 Å². The van der Waals surface area contributed by atoms with Gasteiger partial charge in [0.15, 0.2) is 4.67 Å². The molecule has 0 bridgehead atoms. The van der Waals surface area contributed by atoms with E-state index in [1.54, 1.807) is 15.9 Å². The predicted molar refractivity (Wildman–Crippen MR) is 76.7 cm³/mol. The van der Waals surface area contributed by atoms with Crippen molar-refractivity contribution in [2.45, 2.75) is 6.54 Å². The van der Waals surface area contributed by atoms with E-state index in [9.17, 15) is 9.59 Å². The van der Waals surface area contributed by atoms with Gasteiger partial charge < -0.3 is 14.2 Å². The van der Waals surface area contributed by atoms with Gasteiger partial charge in [-0.3, -0.25) is 9.59 Å². The zero-order valence-corrected chi connectivity index (χ0v) is 13.1. The van der Waals surface area contributed by atoms with Crippen LogP contribution in [0.3, 0.4) is 0 Å². The van der Waals surface area contributed by atoms with Gasteiger partial charge in [-0.15, -0.1) is 5.10 Å². The second-order valence-corrected chi connectivity index (χ2v) is 5.60. The summed E-state index contributed by atoms with van der Waals surface area (Å²) < 4.78 is 6.98. The van der Waals surface area contributed by atoms with Crippen molar-refractivity contribution in [2.75, 3.05) is 26.2 Å². The number of furan rings is 1. The fourth-order valence-electron chi connectivity index (χ4n) is 2.26. The Hall–Kier alpha value is -2.23. The highest BCUT2D eigenvalue weighted by Crippen LogP contribution is 2.16. The molecule has 1 aliphatic heterocycles. The molecule has 0 aliphatic carbocycles. The minimum Gasteiger partial charge on any atom is -0.457 e. The van der Waals surface area contributed by atoms with Crippen LogP contribution in [0.2, 0.25) is 0 Å². The molecule has 1 fully saturated rings. The van der Waals surface area contributed by atoms with Crippen LogP contribution in [0.25, 0.3) is 0 Å². The number of tetrazole rings is 1. The Morgan fingerprint density at radius 2 is 1.95 bits per heavy atom. The molecule has 10 heteroatoms. The third kappa shape index (κ3) is 3.16. The lowest BCUT2D eigenvalue weighted by Gasteiger charge is -2.34. The Morgan fingerprint density at radius 3 is 2.55 bits per heavy atom. The molecule has 116 valence electrons. The minimum atomic E-state index is -0.0953. The number of carbonyl (C=O) groups is 2. The molecule has 2 amide bonds. The second kappa shape index (κ2) is 6.26. The number of amides is 2. The van der Waals surface area contributed by atoms with Crippen LogP contribution in [-0.4, -0.2) is 68.0 Å². The van der Waals surface area contributed by atoms with E-state index in [1.165, 1.54) is 17.3 Å². The summed E-state index contributed by atoms with van der Waals surface area (Å²) in [5, 5.41) is 10.6. The molecular weight excluding hydrogens is 356 g/mol. The molecule has 0 spiro atoms. The van der Waals surface area contributed by atoms with Gasteiger partial charge in [0.25, 0.3) is 5.91 Å². The Kier molecular flexibility index (Phi) is 4.18. The van der Waals surface area contributed by atoms with E-state index in [2.05, 4.69) is 31.5 Å². The highest BCUT2D eigenvalue weighted by molar-refractivity contribution is 9.10. The lowest BCUT2D eigenvalue weighted by Crippen LogP contribution is -2.51. The molecule has 9 nitrogen and oxygen atoms in total. The van der Waals surface area contributed by atoms with E-state index in [0.717, 1.165) is 0 Å². The van der Waals surface area contributed by atoms with Gasteiger partial charge >= 0.3 is 0 Å². The predicted octanol–water partition coefficient (Wildman–Crippen LogP) is 0.0132. The maximum Gasteiger partial charge on any atom is 0.257 e. The lowest BCUT2D eigenvalue weighted by molar-refractivity contribution is -0.133. The Labute approximate surface area is 134 Å². The van der Waals surface area contributed by atoms with Gasteiger partial charge in [0.05, 0.1) is 5.56 Å². The third-order valence-corrected chi connectivity index (χ3v) is 3.84. The standard InChI is InChI=1S/C12H13BrN6O3/c13-10-5-9(7-22-10)12(21)18-3-1-17(2-4-18)11(20)6-19-8-14-15-16-19/h5,7-8H,1-4,6H2. The van der Waals surface area contributed by atoms with E-state index in [0.29, 0.717) is 36.4 Å². The molecule has 2 aromatic rings. The Morgan fingerprint density at radius 1 is 1.23 bits per heavy atom. The average molecular weight is 369 g/mol. The number of nitrogens with zero attached hydrogens (tertiary/aromatic N) is 6. The summed E-state index contributed by atoms with van der Waals surface area (Å²) in [6.45, 7) is 2.07. The fraction of sp³-hybridized carbons (Fsp3) is 0.417. The summed E-state index contributed by atoms with van der Waals surface area (Å²) >= 11 is 3.17. The summed E-state index contributed by atoms with van der Waals surface area (Å²) in [7, 11) is 0. The summed E-state index contributed by atoms with van der Waals surface area (Å²) in [4.78, 5) is 27.8. The number of hydrogen-bond acceptors (Lipinski definition) is 6. The van der Waals surface area contributed by atoms with Crippen molar-refractivity contribution in [3.05, 3.63) is 28.9 Å². The van der Waals surface area contributed by atoms with Gasteiger partial charge in [0, 0.05) is 32.2 Å². The monoisotopic (exact) mass is 368 g/mol. The van der Waals surface area contributed by atoms with E-state index < -0.39 is 0 Å². The van der Waals surface area contributed by atoms with Crippen molar-refractivity contribution >= 4 is 27.7 Å². The maximum atomic E-state index is 12.3. The van der Waals surface area contributed by atoms with Crippen LogP contribution in [-0.2, 0) is 11.3 Å². The smallest absolute Gasteiger partial charge is 0.257 e. The van der Waals surface area contributed by atoms with Crippen molar-refractivity contribution < 1.29 is 14.0 Å². The zero-order valence-electron chi connectivity index (χ0n) is 11.6. The molecular formula is C12H13BrN6O3. The highest BCUT2D eigenvalue weighted by atomic mass is 79.9.